The van der Waals surface area contributed by atoms with E-state index in [9.17, 15) is 9.90 Å². The number of aliphatic hydroxyl groups excluding tert-OH is 1. The molecular weight excluding hydrogens is 226 g/mol. The Morgan fingerprint density at radius 3 is 3.19 bits per heavy atom. The van der Waals surface area contributed by atoms with Gasteiger partial charge in [-0.2, -0.15) is 0 Å². The molecule has 0 aromatic carbocycles. The molecule has 1 saturated heterocycles. The minimum absolute atomic E-state index is 0.0176. The average molecular weight is 241 g/mol. The van der Waals surface area contributed by atoms with Crippen LogP contribution in [0.5, 0.6) is 0 Å². The Balaban J connectivity index is 1.92. The van der Waals surface area contributed by atoms with Crippen LogP contribution in [0.2, 0.25) is 0 Å². The molecule has 1 amide bonds. The summed E-state index contributed by atoms with van der Waals surface area (Å²) in [4.78, 5) is 17.6. The van der Waals surface area contributed by atoms with E-state index >= 15 is 0 Å². The lowest BCUT2D eigenvalue weighted by Gasteiger charge is -2.29. The van der Waals surface area contributed by atoms with Crippen LogP contribution in [0, 0.1) is 0 Å². The van der Waals surface area contributed by atoms with Crippen molar-refractivity contribution in [3.63, 3.8) is 0 Å². The van der Waals surface area contributed by atoms with Crippen LogP contribution in [0.4, 0.5) is 5.13 Å². The Bertz CT molecular complexity index is 380. The van der Waals surface area contributed by atoms with Gasteiger partial charge < -0.3 is 15.7 Å². The Labute approximate surface area is 97.9 Å². The predicted octanol–water partition coefficient (Wildman–Crippen LogP) is 0.251. The molecule has 2 rings (SSSR count). The number of likely N-dealkylation sites (tertiary alicyclic amines) is 1. The number of nitrogen functional groups attached to an aromatic ring is 1. The molecule has 1 aliphatic heterocycles. The average Bonchev–Trinajstić information content (AvgIpc) is 2.64. The minimum atomic E-state index is -0.377. The number of amides is 1. The summed E-state index contributed by atoms with van der Waals surface area (Å²) < 4.78 is 0. The molecule has 88 valence electrons. The first-order chi connectivity index (χ1) is 7.65. The zero-order valence-electron chi connectivity index (χ0n) is 8.93. The van der Waals surface area contributed by atoms with E-state index in [1.165, 1.54) is 11.3 Å². The Morgan fingerprint density at radius 2 is 2.56 bits per heavy atom. The minimum Gasteiger partial charge on any atom is -0.391 e. The van der Waals surface area contributed by atoms with Crippen molar-refractivity contribution >= 4 is 22.4 Å². The molecule has 3 N–H and O–H groups in total. The van der Waals surface area contributed by atoms with Crippen molar-refractivity contribution in [2.75, 3.05) is 18.8 Å². The topological polar surface area (TPSA) is 79.5 Å². The van der Waals surface area contributed by atoms with Crippen molar-refractivity contribution < 1.29 is 9.90 Å². The highest BCUT2D eigenvalue weighted by atomic mass is 32.1. The van der Waals surface area contributed by atoms with E-state index in [0.717, 1.165) is 19.4 Å². The van der Waals surface area contributed by atoms with Crippen LogP contribution in [-0.4, -0.2) is 40.1 Å². The zero-order valence-corrected chi connectivity index (χ0v) is 9.74. The van der Waals surface area contributed by atoms with Crippen molar-refractivity contribution in [3.8, 4) is 0 Å². The summed E-state index contributed by atoms with van der Waals surface area (Å²) in [5.74, 6) is 0.0176. The van der Waals surface area contributed by atoms with E-state index < -0.39 is 0 Å². The molecule has 1 unspecified atom stereocenters. The van der Waals surface area contributed by atoms with E-state index in [0.29, 0.717) is 17.4 Å². The van der Waals surface area contributed by atoms with Crippen molar-refractivity contribution in [3.05, 3.63) is 11.1 Å². The second-order valence-corrected chi connectivity index (χ2v) is 4.88. The number of aromatic nitrogens is 1. The van der Waals surface area contributed by atoms with Gasteiger partial charge >= 0.3 is 0 Å². The van der Waals surface area contributed by atoms with Crippen LogP contribution >= 0.6 is 11.3 Å². The van der Waals surface area contributed by atoms with Crippen LogP contribution in [0.25, 0.3) is 0 Å². The molecule has 1 aliphatic rings. The number of anilines is 1. The SMILES string of the molecule is Nc1nc(CC(=O)N2CCCC(O)C2)cs1. The van der Waals surface area contributed by atoms with Crippen molar-refractivity contribution in [2.24, 2.45) is 0 Å². The maximum atomic E-state index is 11.9. The monoisotopic (exact) mass is 241 g/mol. The molecule has 0 bridgehead atoms. The molecular formula is C10H15N3O2S. The first-order valence-corrected chi connectivity index (χ1v) is 6.19. The van der Waals surface area contributed by atoms with E-state index in [2.05, 4.69) is 4.98 Å². The van der Waals surface area contributed by atoms with Gasteiger partial charge in [0, 0.05) is 18.5 Å². The summed E-state index contributed by atoms with van der Waals surface area (Å²) in [6.45, 7) is 1.17. The molecule has 2 heterocycles. The highest BCUT2D eigenvalue weighted by Crippen LogP contribution is 2.14. The van der Waals surface area contributed by atoms with Gasteiger partial charge in [0.2, 0.25) is 5.91 Å². The second-order valence-electron chi connectivity index (χ2n) is 3.99. The van der Waals surface area contributed by atoms with Gasteiger partial charge in [0.25, 0.3) is 0 Å². The summed E-state index contributed by atoms with van der Waals surface area (Å²) >= 11 is 1.34. The number of rotatable bonds is 2. The van der Waals surface area contributed by atoms with Crippen molar-refractivity contribution in [1.82, 2.24) is 9.88 Å². The molecule has 1 atom stereocenters. The third kappa shape index (κ3) is 2.70. The number of nitrogens with two attached hydrogens (primary N) is 1. The quantitative estimate of drug-likeness (QED) is 0.778. The lowest BCUT2D eigenvalue weighted by atomic mass is 10.1. The van der Waals surface area contributed by atoms with E-state index in [4.69, 9.17) is 5.73 Å². The van der Waals surface area contributed by atoms with E-state index in [-0.39, 0.29) is 18.4 Å². The first kappa shape index (κ1) is 11.3. The number of piperidine rings is 1. The molecule has 1 fully saturated rings. The van der Waals surface area contributed by atoms with Crippen LogP contribution in [-0.2, 0) is 11.2 Å². The lowest BCUT2D eigenvalue weighted by Crippen LogP contribution is -2.42. The third-order valence-corrected chi connectivity index (χ3v) is 3.37. The van der Waals surface area contributed by atoms with E-state index in [1.807, 2.05) is 0 Å². The molecule has 0 spiro atoms. The summed E-state index contributed by atoms with van der Waals surface area (Å²) in [6.07, 6.45) is 1.55. The summed E-state index contributed by atoms with van der Waals surface area (Å²) in [5.41, 5.74) is 6.21. The third-order valence-electron chi connectivity index (χ3n) is 2.65. The van der Waals surface area contributed by atoms with E-state index in [1.54, 1.807) is 10.3 Å². The fourth-order valence-corrected chi connectivity index (χ4v) is 2.41. The summed E-state index contributed by atoms with van der Waals surface area (Å²) in [5, 5.41) is 11.8. The Kier molecular flexibility index (Phi) is 3.40. The molecule has 0 radical (unpaired) electrons. The zero-order chi connectivity index (χ0) is 11.5. The van der Waals surface area contributed by atoms with Gasteiger partial charge in [-0.05, 0) is 12.8 Å². The van der Waals surface area contributed by atoms with Crippen molar-refractivity contribution in [1.29, 1.82) is 0 Å². The second kappa shape index (κ2) is 4.80. The molecule has 0 saturated carbocycles. The Morgan fingerprint density at radius 1 is 1.75 bits per heavy atom. The standard InChI is InChI=1S/C10H15N3O2S/c11-10-12-7(6-16-10)4-9(15)13-3-1-2-8(14)5-13/h6,8,14H,1-5H2,(H2,11,12). The number of β-amino-alcohol motifs (C(OH)–C–C–N with tert-alkyl or cyclic N) is 1. The first-order valence-electron chi connectivity index (χ1n) is 5.31. The fourth-order valence-electron chi connectivity index (χ4n) is 1.85. The number of thiazole rings is 1. The number of carbonyl (C=O) groups excluding carboxylic acids is 1. The molecule has 1 aromatic heterocycles. The number of hydrogen-bond acceptors (Lipinski definition) is 5. The molecule has 1 aromatic rings. The highest BCUT2D eigenvalue weighted by Gasteiger charge is 2.22. The normalized spacial score (nSPS) is 21.1. The lowest BCUT2D eigenvalue weighted by molar-refractivity contribution is -0.133. The summed E-state index contributed by atoms with van der Waals surface area (Å²) in [6, 6.07) is 0. The van der Waals surface area contributed by atoms with Crippen LogP contribution in [0.3, 0.4) is 0 Å². The van der Waals surface area contributed by atoms with Crippen LogP contribution in [0.1, 0.15) is 18.5 Å². The van der Waals surface area contributed by atoms with Gasteiger partial charge in [-0.25, -0.2) is 4.98 Å². The highest BCUT2D eigenvalue weighted by molar-refractivity contribution is 7.13. The van der Waals surface area contributed by atoms with Crippen LogP contribution < -0.4 is 5.73 Å². The largest absolute Gasteiger partial charge is 0.391 e. The van der Waals surface area contributed by atoms with Gasteiger partial charge in [-0.1, -0.05) is 0 Å². The Hall–Kier alpha value is -1.14. The predicted molar refractivity (Wildman–Crippen MR) is 62.1 cm³/mol. The van der Waals surface area contributed by atoms with Gasteiger partial charge in [0.1, 0.15) is 0 Å². The summed E-state index contributed by atoms with van der Waals surface area (Å²) in [7, 11) is 0. The molecule has 0 aliphatic carbocycles. The number of hydrogen-bond donors (Lipinski definition) is 2. The van der Waals surface area contributed by atoms with Crippen LogP contribution in [0.15, 0.2) is 5.38 Å². The number of carbonyl (C=O) groups is 1. The van der Waals surface area contributed by atoms with Gasteiger partial charge in [0.05, 0.1) is 18.2 Å². The molecule has 16 heavy (non-hydrogen) atoms. The van der Waals surface area contributed by atoms with Gasteiger partial charge in [-0.3, -0.25) is 4.79 Å². The van der Waals surface area contributed by atoms with Gasteiger partial charge in [-0.15, -0.1) is 11.3 Å². The van der Waals surface area contributed by atoms with Crippen molar-refractivity contribution in [2.45, 2.75) is 25.4 Å². The smallest absolute Gasteiger partial charge is 0.228 e. The number of nitrogens with zero attached hydrogens (tertiary/aromatic N) is 2. The number of aliphatic hydroxyl groups is 1. The maximum absolute atomic E-state index is 11.9. The fraction of sp³-hybridized carbons (Fsp3) is 0.600. The molecule has 6 heteroatoms. The van der Waals surface area contributed by atoms with Gasteiger partial charge in [0.15, 0.2) is 5.13 Å². The molecule has 5 nitrogen and oxygen atoms in total. The maximum Gasteiger partial charge on any atom is 0.228 e.